The molecule has 1 unspecified atom stereocenters. The van der Waals surface area contributed by atoms with Crippen molar-refractivity contribution >= 4 is 5.69 Å². The number of para-hydroxylation sites is 1. The average molecular weight is 325 g/mol. The zero-order chi connectivity index (χ0) is 16.1. The summed E-state index contributed by atoms with van der Waals surface area (Å²) in [5, 5.41) is 0. The molecular formula is C20H20FNO2. The van der Waals surface area contributed by atoms with E-state index in [1.165, 1.54) is 24.6 Å². The monoisotopic (exact) mass is 325 g/mol. The van der Waals surface area contributed by atoms with Gasteiger partial charge in [0.05, 0.1) is 13.2 Å². The SMILES string of the molecule is Fc1cccc2c1Oc1cc(N3CCCC3)ccc1C2C1COC1. The van der Waals surface area contributed by atoms with Gasteiger partial charge in [-0.2, -0.15) is 0 Å². The fraction of sp³-hybridized carbons (Fsp3) is 0.400. The van der Waals surface area contributed by atoms with Crippen molar-refractivity contribution in [2.24, 2.45) is 5.92 Å². The van der Waals surface area contributed by atoms with Crippen LogP contribution in [0.2, 0.25) is 0 Å². The minimum absolute atomic E-state index is 0.154. The van der Waals surface area contributed by atoms with Gasteiger partial charge in [0.2, 0.25) is 0 Å². The van der Waals surface area contributed by atoms with Crippen molar-refractivity contribution in [3.63, 3.8) is 0 Å². The Labute approximate surface area is 141 Å². The molecule has 3 nitrogen and oxygen atoms in total. The highest BCUT2D eigenvalue weighted by Gasteiger charge is 2.38. The van der Waals surface area contributed by atoms with Crippen molar-refractivity contribution in [3.8, 4) is 11.5 Å². The van der Waals surface area contributed by atoms with E-state index in [1.807, 2.05) is 6.07 Å². The summed E-state index contributed by atoms with van der Waals surface area (Å²) in [5.74, 6) is 1.45. The number of benzene rings is 2. The molecule has 2 aromatic rings. The average Bonchev–Trinajstić information content (AvgIpc) is 3.08. The lowest BCUT2D eigenvalue weighted by Crippen LogP contribution is -2.35. The Bertz CT molecular complexity index is 781. The van der Waals surface area contributed by atoms with Crippen LogP contribution in [0, 0.1) is 11.7 Å². The highest BCUT2D eigenvalue weighted by Crippen LogP contribution is 2.50. The maximum atomic E-state index is 14.4. The van der Waals surface area contributed by atoms with Gasteiger partial charge >= 0.3 is 0 Å². The van der Waals surface area contributed by atoms with Gasteiger partial charge < -0.3 is 14.4 Å². The van der Waals surface area contributed by atoms with E-state index in [0.29, 0.717) is 11.7 Å². The zero-order valence-electron chi connectivity index (χ0n) is 13.5. The predicted molar refractivity (Wildman–Crippen MR) is 90.5 cm³/mol. The quantitative estimate of drug-likeness (QED) is 0.821. The lowest BCUT2D eigenvalue weighted by Gasteiger charge is -2.38. The number of hydrogen-bond donors (Lipinski definition) is 0. The number of hydrogen-bond acceptors (Lipinski definition) is 3. The van der Waals surface area contributed by atoms with Crippen LogP contribution in [-0.4, -0.2) is 26.3 Å². The molecule has 24 heavy (non-hydrogen) atoms. The molecule has 124 valence electrons. The van der Waals surface area contributed by atoms with Gasteiger partial charge in [0.1, 0.15) is 5.75 Å². The molecule has 0 amide bonds. The first-order valence-corrected chi connectivity index (χ1v) is 8.74. The highest BCUT2D eigenvalue weighted by molar-refractivity contribution is 5.61. The number of ether oxygens (including phenoxy) is 2. The molecule has 0 radical (unpaired) electrons. The van der Waals surface area contributed by atoms with E-state index >= 15 is 0 Å². The molecular weight excluding hydrogens is 305 g/mol. The highest BCUT2D eigenvalue weighted by atomic mass is 19.1. The van der Waals surface area contributed by atoms with Gasteiger partial charge in [-0.15, -0.1) is 0 Å². The largest absolute Gasteiger partial charge is 0.454 e. The molecule has 0 bridgehead atoms. The lowest BCUT2D eigenvalue weighted by atomic mass is 9.77. The lowest BCUT2D eigenvalue weighted by molar-refractivity contribution is -0.0403. The smallest absolute Gasteiger partial charge is 0.166 e. The van der Waals surface area contributed by atoms with E-state index in [0.717, 1.165) is 43.2 Å². The molecule has 3 aliphatic rings. The number of rotatable bonds is 2. The van der Waals surface area contributed by atoms with E-state index < -0.39 is 0 Å². The molecule has 2 saturated heterocycles. The Balaban J connectivity index is 1.61. The summed E-state index contributed by atoms with van der Waals surface area (Å²) in [6.07, 6.45) is 2.47. The van der Waals surface area contributed by atoms with Crippen LogP contribution in [0.15, 0.2) is 36.4 Å². The first kappa shape index (κ1) is 14.3. The zero-order valence-corrected chi connectivity index (χ0v) is 13.5. The van der Waals surface area contributed by atoms with Crippen LogP contribution in [0.5, 0.6) is 11.5 Å². The number of halogens is 1. The normalized spacial score (nSPS) is 22.5. The fourth-order valence-electron chi connectivity index (χ4n) is 4.15. The maximum Gasteiger partial charge on any atom is 0.166 e. The summed E-state index contributed by atoms with van der Waals surface area (Å²) in [6, 6.07) is 11.7. The van der Waals surface area contributed by atoms with Crippen molar-refractivity contribution in [1.29, 1.82) is 0 Å². The van der Waals surface area contributed by atoms with Gasteiger partial charge in [-0.3, -0.25) is 0 Å². The second kappa shape index (κ2) is 5.49. The Kier molecular flexibility index (Phi) is 3.27. The number of anilines is 1. The van der Waals surface area contributed by atoms with E-state index in [9.17, 15) is 4.39 Å². The van der Waals surface area contributed by atoms with Crippen LogP contribution in [0.3, 0.4) is 0 Å². The molecule has 0 aliphatic carbocycles. The molecule has 0 aromatic heterocycles. The Morgan fingerprint density at radius 2 is 1.83 bits per heavy atom. The van der Waals surface area contributed by atoms with Crippen molar-refractivity contribution in [3.05, 3.63) is 53.3 Å². The van der Waals surface area contributed by atoms with Crippen molar-refractivity contribution in [2.45, 2.75) is 18.8 Å². The van der Waals surface area contributed by atoms with Gasteiger partial charge in [-0.25, -0.2) is 4.39 Å². The summed E-state index contributed by atoms with van der Waals surface area (Å²) in [6.45, 7) is 3.63. The van der Waals surface area contributed by atoms with E-state index in [1.54, 1.807) is 6.07 Å². The van der Waals surface area contributed by atoms with Crippen molar-refractivity contribution < 1.29 is 13.9 Å². The van der Waals surface area contributed by atoms with Gasteiger partial charge in [-0.1, -0.05) is 18.2 Å². The van der Waals surface area contributed by atoms with Crippen LogP contribution < -0.4 is 9.64 Å². The number of fused-ring (bicyclic) bond motifs is 2. The van der Waals surface area contributed by atoms with Gasteiger partial charge in [0.25, 0.3) is 0 Å². The summed E-state index contributed by atoms with van der Waals surface area (Å²) >= 11 is 0. The van der Waals surface area contributed by atoms with Gasteiger partial charge in [0, 0.05) is 47.8 Å². The van der Waals surface area contributed by atoms with Crippen molar-refractivity contribution in [1.82, 2.24) is 0 Å². The molecule has 1 atom stereocenters. The second-order valence-corrected chi connectivity index (χ2v) is 6.95. The summed E-state index contributed by atoms with van der Waals surface area (Å²) in [5.41, 5.74) is 3.28. The summed E-state index contributed by atoms with van der Waals surface area (Å²) < 4.78 is 25.8. The Morgan fingerprint density at radius 1 is 1.00 bits per heavy atom. The fourth-order valence-corrected chi connectivity index (χ4v) is 4.15. The van der Waals surface area contributed by atoms with Crippen LogP contribution >= 0.6 is 0 Å². The molecule has 0 saturated carbocycles. The predicted octanol–water partition coefficient (Wildman–Crippen LogP) is 4.31. The Morgan fingerprint density at radius 3 is 2.58 bits per heavy atom. The van der Waals surface area contributed by atoms with E-state index in [4.69, 9.17) is 9.47 Å². The Hall–Kier alpha value is -2.07. The van der Waals surface area contributed by atoms with E-state index in [-0.39, 0.29) is 11.7 Å². The van der Waals surface area contributed by atoms with Crippen LogP contribution in [0.25, 0.3) is 0 Å². The third kappa shape index (κ3) is 2.13. The van der Waals surface area contributed by atoms with E-state index in [2.05, 4.69) is 23.1 Å². The van der Waals surface area contributed by atoms with Gasteiger partial charge in [-0.05, 0) is 25.0 Å². The van der Waals surface area contributed by atoms with Crippen LogP contribution in [-0.2, 0) is 4.74 Å². The maximum absolute atomic E-state index is 14.4. The van der Waals surface area contributed by atoms with Gasteiger partial charge in [0.15, 0.2) is 11.6 Å². The minimum atomic E-state index is -0.282. The molecule has 5 rings (SSSR count). The molecule has 3 heterocycles. The molecule has 2 aromatic carbocycles. The van der Waals surface area contributed by atoms with Crippen LogP contribution in [0.1, 0.15) is 29.9 Å². The standard InChI is InChI=1S/C20H20FNO2/c21-17-5-3-4-16-19(13-11-23-12-13)15-7-6-14(22-8-1-2-9-22)10-18(15)24-20(16)17/h3-7,10,13,19H,1-2,8-9,11-12H2. The summed E-state index contributed by atoms with van der Waals surface area (Å²) in [7, 11) is 0. The summed E-state index contributed by atoms with van der Waals surface area (Å²) in [4.78, 5) is 2.38. The first-order chi connectivity index (χ1) is 11.8. The molecule has 2 fully saturated rings. The van der Waals surface area contributed by atoms with Crippen molar-refractivity contribution in [2.75, 3.05) is 31.2 Å². The number of nitrogens with zero attached hydrogens (tertiary/aromatic N) is 1. The second-order valence-electron chi connectivity index (χ2n) is 6.95. The molecule has 0 spiro atoms. The first-order valence-electron chi connectivity index (χ1n) is 8.74. The molecule has 4 heteroatoms. The third-order valence-corrected chi connectivity index (χ3v) is 5.48. The topological polar surface area (TPSA) is 21.7 Å². The molecule has 3 aliphatic heterocycles. The van der Waals surface area contributed by atoms with Crippen LogP contribution in [0.4, 0.5) is 10.1 Å². The molecule has 0 N–H and O–H groups in total. The third-order valence-electron chi connectivity index (χ3n) is 5.48. The minimum Gasteiger partial charge on any atom is -0.454 e.